The van der Waals surface area contributed by atoms with Crippen LogP contribution in [0, 0.1) is 22.9 Å². The fourth-order valence-electron chi connectivity index (χ4n) is 5.83. The molecule has 1 fully saturated rings. The molecule has 2 aliphatic rings. The van der Waals surface area contributed by atoms with Crippen molar-refractivity contribution in [3.63, 3.8) is 0 Å². The van der Waals surface area contributed by atoms with Crippen LogP contribution in [-0.2, 0) is 12.8 Å². The van der Waals surface area contributed by atoms with Crippen LogP contribution in [0.2, 0.25) is 5.15 Å². The molecule has 1 aliphatic heterocycles. The van der Waals surface area contributed by atoms with Crippen LogP contribution in [0.1, 0.15) is 79.7 Å². The van der Waals surface area contributed by atoms with Gasteiger partial charge in [0.1, 0.15) is 22.4 Å². The zero-order chi connectivity index (χ0) is 30.9. The highest BCUT2D eigenvalue weighted by Gasteiger charge is 2.46. The summed E-state index contributed by atoms with van der Waals surface area (Å²) in [5.74, 6) is -2.83. The number of pyridine rings is 2. The quantitative estimate of drug-likeness (QED) is 0.260. The molecule has 3 atom stereocenters. The molecule has 1 aliphatic carbocycles. The van der Waals surface area contributed by atoms with Crippen molar-refractivity contribution in [2.24, 2.45) is 5.41 Å². The number of halogens is 4. The molecule has 3 heterocycles. The van der Waals surface area contributed by atoms with Crippen molar-refractivity contribution in [1.82, 2.24) is 20.6 Å². The topological polar surface area (TPSA) is 96.4 Å². The summed E-state index contributed by atoms with van der Waals surface area (Å²) in [6.07, 6.45) is 4.85. The Kier molecular flexibility index (Phi) is 9.02. The molecule has 0 radical (unpaired) electrons. The van der Waals surface area contributed by atoms with Gasteiger partial charge < -0.3 is 20.5 Å². The molecule has 1 saturated carbocycles. The lowest BCUT2D eigenvalue weighted by Gasteiger charge is -2.47. The van der Waals surface area contributed by atoms with E-state index in [4.69, 9.17) is 16.3 Å². The number of aliphatic hydroxyl groups is 1. The van der Waals surface area contributed by atoms with Crippen LogP contribution in [0.15, 0.2) is 42.6 Å². The molecule has 1 spiro atoms. The summed E-state index contributed by atoms with van der Waals surface area (Å²) in [6, 6.07) is 6.05. The standard InChI is InChI=1S/C32H36ClF3N4O3/c1-31(2,3)14-19-11-22-25(15-32(7-4-8-32)43-30(22)38-16-19)37-17-26(41)24(12-18-9-20(34)13-21(35)10-18)39-29(42)28-23(36)5-6-27(33)40-28/h5-6,9-11,13,16,24-26,37,41H,4,7-8,12,14-15,17H2,1-3H3,(H,39,42)/t24-,25-,26+/m0/s1. The fraction of sp³-hybridized carbons (Fsp3) is 0.469. The van der Waals surface area contributed by atoms with Gasteiger partial charge in [0.15, 0.2) is 11.5 Å². The number of nitrogens with zero attached hydrogens (tertiary/aromatic N) is 2. The van der Waals surface area contributed by atoms with Crippen LogP contribution in [0.4, 0.5) is 13.2 Å². The predicted octanol–water partition coefficient (Wildman–Crippen LogP) is 5.87. The maximum atomic E-state index is 14.4. The molecule has 0 saturated heterocycles. The zero-order valence-corrected chi connectivity index (χ0v) is 25.1. The van der Waals surface area contributed by atoms with Crippen LogP contribution in [-0.4, -0.2) is 45.3 Å². The Morgan fingerprint density at radius 1 is 1.14 bits per heavy atom. The maximum Gasteiger partial charge on any atom is 0.273 e. The van der Waals surface area contributed by atoms with Gasteiger partial charge in [0, 0.05) is 36.8 Å². The number of benzene rings is 1. The predicted molar refractivity (Wildman–Crippen MR) is 156 cm³/mol. The lowest BCUT2D eigenvalue weighted by Crippen LogP contribution is -2.52. The Labute approximate surface area is 254 Å². The molecule has 0 bridgehead atoms. The van der Waals surface area contributed by atoms with Crippen molar-refractivity contribution < 1.29 is 27.8 Å². The second-order valence-electron chi connectivity index (χ2n) is 12.9. The zero-order valence-electron chi connectivity index (χ0n) is 24.4. The largest absolute Gasteiger partial charge is 0.471 e. The van der Waals surface area contributed by atoms with E-state index in [1.807, 2.05) is 6.20 Å². The van der Waals surface area contributed by atoms with Crippen molar-refractivity contribution in [2.45, 2.75) is 83.1 Å². The third-order valence-electron chi connectivity index (χ3n) is 7.96. The molecule has 11 heteroatoms. The molecule has 3 N–H and O–H groups in total. The highest BCUT2D eigenvalue weighted by molar-refractivity contribution is 6.29. The van der Waals surface area contributed by atoms with E-state index in [1.54, 1.807) is 0 Å². The minimum absolute atomic E-state index is 0.0118. The molecule has 2 aromatic heterocycles. The Balaban J connectivity index is 1.38. The summed E-state index contributed by atoms with van der Waals surface area (Å²) in [7, 11) is 0. The van der Waals surface area contributed by atoms with Crippen LogP contribution in [0.25, 0.3) is 0 Å². The van der Waals surface area contributed by atoms with Gasteiger partial charge in [-0.2, -0.15) is 0 Å². The van der Waals surface area contributed by atoms with E-state index < -0.39 is 41.2 Å². The molecule has 230 valence electrons. The number of nitrogens with one attached hydrogen (secondary N) is 2. The first-order valence-electron chi connectivity index (χ1n) is 14.5. The van der Waals surface area contributed by atoms with Crippen LogP contribution in [0.5, 0.6) is 5.88 Å². The lowest BCUT2D eigenvalue weighted by atomic mass is 9.73. The monoisotopic (exact) mass is 616 g/mol. The highest BCUT2D eigenvalue weighted by atomic mass is 35.5. The summed E-state index contributed by atoms with van der Waals surface area (Å²) < 4.78 is 48.7. The summed E-state index contributed by atoms with van der Waals surface area (Å²) in [6.45, 7) is 6.48. The summed E-state index contributed by atoms with van der Waals surface area (Å²) in [4.78, 5) is 21.5. The van der Waals surface area contributed by atoms with Gasteiger partial charge in [-0.1, -0.05) is 32.4 Å². The highest BCUT2D eigenvalue weighted by Crippen LogP contribution is 2.48. The number of aliphatic hydroxyl groups excluding tert-OH is 1. The smallest absolute Gasteiger partial charge is 0.273 e. The first-order valence-corrected chi connectivity index (χ1v) is 14.8. The molecule has 7 nitrogen and oxygen atoms in total. The van der Waals surface area contributed by atoms with Gasteiger partial charge in [0.2, 0.25) is 5.88 Å². The Morgan fingerprint density at radius 3 is 2.51 bits per heavy atom. The molecular formula is C32H36ClF3N4O3. The molecule has 1 aromatic carbocycles. The number of ether oxygens (including phenoxy) is 1. The number of fused-ring (bicyclic) bond motifs is 1. The van der Waals surface area contributed by atoms with Crippen LogP contribution in [0.3, 0.4) is 0 Å². The van der Waals surface area contributed by atoms with E-state index in [2.05, 4.69) is 47.4 Å². The number of carbonyl (C=O) groups excluding carboxylic acids is 1. The second-order valence-corrected chi connectivity index (χ2v) is 13.3. The molecule has 43 heavy (non-hydrogen) atoms. The molecule has 5 rings (SSSR count). The van der Waals surface area contributed by atoms with E-state index >= 15 is 0 Å². The minimum Gasteiger partial charge on any atom is -0.471 e. The van der Waals surface area contributed by atoms with Crippen molar-refractivity contribution in [2.75, 3.05) is 6.54 Å². The molecular weight excluding hydrogens is 581 g/mol. The van der Waals surface area contributed by atoms with E-state index in [0.29, 0.717) is 12.3 Å². The summed E-state index contributed by atoms with van der Waals surface area (Å²) >= 11 is 5.87. The van der Waals surface area contributed by atoms with Crippen molar-refractivity contribution in [3.8, 4) is 5.88 Å². The molecule has 3 aromatic rings. The van der Waals surface area contributed by atoms with E-state index in [-0.39, 0.29) is 40.7 Å². The Bertz CT molecular complexity index is 1470. The van der Waals surface area contributed by atoms with Gasteiger partial charge in [-0.05, 0) is 79.0 Å². The normalized spacial score (nSPS) is 18.7. The minimum atomic E-state index is -1.23. The third kappa shape index (κ3) is 7.66. The number of hydrogen-bond donors (Lipinski definition) is 3. The van der Waals surface area contributed by atoms with E-state index in [0.717, 1.165) is 61.1 Å². The summed E-state index contributed by atoms with van der Waals surface area (Å²) in [5, 5.41) is 17.3. The maximum absolute atomic E-state index is 14.4. The van der Waals surface area contributed by atoms with E-state index in [9.17, 15) is 23.1 Å². The van der Waals surface area contributed by atoms with Gasteiger partial charge in [-0.15, -0.1) is 0 Å². The lowest BCUT2D eigenvalue weighted by molar-refractivity contribution is -0.0421. The first kappa shape index (κ1) is 31.2. The van der Waals surface area contributed by atoms with Gasteiger partial charge in [0.25, 0.3) is 5.91 Å². The number of carbonyl (C=O) groups is 1. The molecule has 1 amide bonds. The Hall–Kier alpha value is -3.21. The number of aromatic nitrogens is 2. The fourth-order valence-corrected chi connectivity index (χ4v) is 5.98. The van der Waals surface area contributed by atoms with Crippen LogP contribution < -0.4 is 15.4 Å². The van der Waals surface area contributed by atoms with Crippen LogP contribution >= 0.6 is 11.6 Å². The SMILES string of the molecule is CC(C)(C)Cc1cnc2c(c1)[C@@H](NC[C@@H](O)[C@H](Cc1cc(F)cc(F)c1)NC(=O)c1nc(Cl)ccc1F)CC1(CCC1)O2. The van der Waals surface area contributed by atoms with Gasteiger partial charge in [-0.25, -0.2) is 23.1 Å². The second kappa shape index (κ2) is 12.4. The van der Waals surface area contributed by atoms with Crippen molar-refractivity contribution >= 4 is 17.5 Å². The number of hydrogen-bond acceptors (Lipinski definition) is 6. The number of amides is 1. The van der Waals surface area contributed by atoms with Gasteiger partial charge >= 0.3 is 0 Å². The van der Waals surface area contributed by atoms with Crippen molar-refractivity contribution in [1.29, 1.82) is 0 Å². The van der Waals surface area contributed by atoms with Crippen molar-refractivity contribution in [3.05, 3.63) is 87.6 Å². The third-order valence-corrected chi connectivity index (χ3v) is 8.17. The van der Waals surface area contributed by atoms with Gasteiger partial charge in [-0.3, -0.25) is 4.79 Å². The Morgan fingerprint density at radius 2 is 1.86 bits per heavy atom. The molecule has 0 unspecified atom stereocenters. The van der Waals surface area contributed by atoms with E-state index in [1.165, 1.54) is 6.07 Å². The summed E-state index contributed by atoms with van der Waals surface area (Å²) in [5.41, 5.74) is 1.36. The average Bonchev–Trinajstić information content (AvgIpc) is 2.90. The average molecular weight is 617 g/mol. The van der Waals surface area contributed by atoms with Gasteiger partial charge in [0.05, 0.1) is 12.1 Å². The number of rotatable bonds is 9. The first-order chi connectivity index (χ1) is 20.3.